The molecule has 0 aromatic carbocycles. The minimum atomic E-state index is -4.82. The monoisotopic (exact) mass is 222 g/mol. The first kappa shape index (κ1) is 16.0. The van der Waals surface area contributed by atoms with Crippen molar-refractivity contribution in [2.45, 2.75) is 19.1 Å². The number of halogens is 3. The van der Waals surface area contributed by atoms with E-state index in [4.69, 9.17) is 0 Å². The van der Waals surface area contributed by atoms with E-state index in [9.17, 15) is 12.9 Å². The van der Waals surface area contributed by atoms with Crippen molar-refractivity contribution in [3.63, 3.8) is 0 Å². The molecular weight excluding hydrogens is 211 g/mol. The second-order valence-corrected chi connectivity index (χ2v) is 4.16. The Balaban J connectivity index is 0. The largest absolute Gasteiger partial charge is 1.00 e. The van der Waals surface area contributed by atoms with Crippen LogP contribution < -0.4 is 51.4 Å². The molecule has 6 heteroatoms. The summed E-state index contributed by atoms with van der Waals surface area (Å²) in [6.45, 7) is 1.89. The number of hydrogen-bond donors (Lipinski definition) is 0. The van der Waals surface area contributed by atoms with Crippen molar-refractivity contribution in [2.24, 2.45) is 0 Å². The molecule has 0 unspecified atom stereocenters. The van der Waals surface area contributed by atoms with Gasteiger partial charge in [-0.3, -0.25) is 0 Å². The molecule has 0 nitrogen and oxygen atoms in total. The van der Waals surface area contributed by atoms with E-state index in [2.05, 4.69) is 6.58 Å². The van der Waals surface area contributed by atoms with E-state index in [-0.39, 0.29) is 62.4 Å². The minimum absolute atomic E-state index is 0. The molecule has 66 valence electrons. The summed E-state index contributed by atoms with van der Waals surface area (Å²) in [5, 5.41) is 0.227. The molecule has 0 aliphatic rings. The Kier molecular flexibility index (Phi) is 9.28. The Bertz CT molecular complexity index is 146. The molecule has 0 atom stereocenters. The van der Waals surface area contributed by atoms with Gasteiger partial charge in [0.1, 0.15) is 0 Å². The third kappa shape index (κ3) is 8.19. The maximum atomic E-state index is 11.8. The Morgan fingerprint density at radius 1 is 1.42 bits per heavy atom. The maximum Gasteiger partial charge on any atom is 1.00 e. The summed E-state index contributed by atoms with van der Waals surface area (Å²) in [5.41, 5.74) is -0.594. The third-order valence-electron chi connectivity index (χ3n) is 1.06. The molecule has 0 saturated heterocycles. The predicted molar refractivity (Wildman–Crippen MR) is 45.8 cm³/mol. The summed E-state index contributed by atoms with van der Waals surface area (Å²) in [4.78, 5) is 0. The van der Waals surface area contributed by atoms with Gasteiger partial charge in [-0.25, -0.2) is 0 Å². The zero-order chi connectivity index (χ0) is 9.07. The average Bonchev–Trinajstić information content (AvgIpc) is 1.80. The molecule has 0 radical (unpaired) electrons. The van der Waals surface area contributed by atoms with Gasteiger partial charge in [-0.1, -0.05) is 13.8 Å². The van der Waals surface area contributed by atoms with Crippen LogP contribution in [-0.2, 0) is 0 Å². The maximum absolute atomic E-state index is 11.8. The normalized spacial score (nSPS) is 11.2. The molecule has 0 aliphatic heterocycles. The molecule has 0 aliphatic carbocycles. The summed E-state index contributed by atoms with van der Waals surface area (Å²) in [7, 11) is 0. The van der Waals surface area contributed by atoms with E-state index in [1.165, 1.54) is 11.8 Å². The molecule has 0 heterocycles. The van der Waals surface area contributed by atoms with Crippen LogP contribution in [-0.4, -0.2) is 18.0 Å². The fourth-order valence-electron chi connectivity index (χ4n) is 0.368. The van der Waals surface area contributed by atoms with Gasteiger partial charge in [0.05, 0.1) is 0 Å². The predicted octanol–water partition coefficient (Wildman–Crippen LogP) is 0.0748. The van der Waals surface area contributed by atoms with E-state index in [0.29, 0.717) is 0 Å². The third-order valence-corrected chi connectivity index (χ3v) is 2.27. The van der Waals surface area contributed by atoms with E-state index >= 15 is 0 Å². The molecular formula is C6H11BF3KS. The van der Waals surface area contributed by atoms with Crippen molar-refractivity contribution in [3.8, 4) is 0 Å². The van der Waals surface area contributed by atoms with Gasteiger partial charge in [-0.15, -0.1) is 12.1 Å². The number of rotatable bonds is 4. The molecule has 0 aromatic heterocycles. The van der Waals surface area contributed by atoms with Crippen LogP contribution in [0.4, 0.5) is 12.9 Å². The summed E-state index contributed by atoms with van der Waals surface area (Å²) in [5.74, 6) is 0.00116. The van der Waals surface area contributed by atoms with Crippen molar-refractivity contribution in [1.82, 2.24) is 0 Å². The van der Waals surface area contributed by atoms with E-state index < -0.39 is 12.4 Å². The second kappa shape index (κ2) is 6.95. The van der Waals surface area contributed by atoms with Crippen LogP contribution in [0.3, 0.4) is 0 Å². The van der Waals surface area contributed by atoms with Crippen molar-refractivity contribution in [2.75, 3.05) is 5.75 Å². The minimum Gasteiger partial charge on any atom is -0.445 e. The molecule has 0 aromatic rings. The van der Waals surface area contributed by atoms with Gasteiger partial charge in [0.25, 0.3) is 0 Å². The Morgan fingerprint density at radius 3 is 2.08 bits per heavy atom. The van der Waals surface area contributed by atoms with Gasteiger partial charge >= 0.3 is 58.4 Å². The Morgan fingerprint density at radius 2 is 1.83 bits per heavy atom. The molecule has 0 saturated carbocycles. The van der Waals surface area contributed by atoms with Crippen LogP contribution in [0.15, 0.2) is 12.1 Å². The summed E-state index contributed by atoms with van der Waals surface area (Å²) < 4.78 is 35.5. The van der Waals surface area contributed by atoms with Crippen LogP contribution in [0.1, 0.15) is 13.8 Å². The zero-order valence-corrected chi connectivity index (χ0v) is 11.6. The first-order valence-electron chi connectivity index (χ1n) is 3.33. The molecule has 0 N–H and O–H groups in total. The second-order valence-electron chi connectivity index (χ2n) is 2.59. The average molecular weight is 222 g/mol. The van der Waals surface area contributed by atoms with Crippen LogP contribution in [0, 0.1) is 0 Å². The van der Waals surface area contributed by atoms with Crippen LogP contribution in [0.5, 0.6) is 0 Å². The molecule has 0 fully saturated rings. The smallest absolute Gasteiger partial charge is 0.445 e. The van der Waals surface area contributed by atoms with E-state index in [1.807, 2.05) is 13.8 Å². The Labute approximate surface area is 118 Å². The van der Waals surface area contributed by atoms with Gasteiger partial charge in [0, 0.05) is 0 Å². The number of hydrogen-bond acceptors (Lipinski definition) is 1. The molecule has 0 amide bonds. The first-order chi connectivity index (χ1) is 4.84. The van der Waals surface area contributed by atoms with E-state index in [0.717, 1.165) is 0 Å². The fourth-order valence-corrected chi connectivity index (χ4v) is 1.10. The molecule has 0 bridgehead atoms. The van der Waals surface area contributed by atoms with Gasteiger partial charge in [0.15, 0.2) is 0 Å². The van der Waals surface area contributed by atoms with Crippen molar-refractivity contribution < 1.29 is 64.3 Å². The summed E-state index contributed by atoms with van der Waals surface area (Å²) >= 11 is 1.26. The van der Waals surface area contributed by atoms with Gasteiger partial charge in [-0.2, -0.15) is 11.8 Å². The zero-order valence-electron chi connectivity index (χ0n) is 7.61. The summed E-state index contributed by atoms with van der Waals surface area (Å²) in [6.07, 6.45) is 0. The Hall–Kier alpha value is 1.58. The number of thioether (sulfide) groups is 1. The topological polar surface area (TPSA) is 0 Å². The first-order valence-corrected chi connectivity index (χ1v) is 4.38. The van der Waals surface area contributed by atoms with E-state index in [1.54, 1.807) is 0 Å². The van der Waals surface area contributed by atoms with Crippen LogP contribution in [0.2, 0.25) is 0 Å². The SMILES string of the molecule is C=C(CSC(C)C)[B-](F)(F)F.[K+]. The van der Waals surface area contributed by atoms with Crippen molar-refractivity contribution >= 4 is 18.7 Å². The molecule has 0 rings (SSSR count). The van der Waals surface area contributed by atoms with Gasteiger partial charge < -0.3 is 12.9 Å². The van der Waals surface area contributed by atoms with Crippen LogP contribution in [0.25, 0.3) is 0 Å². The molecule has 12 heavy (non-hydrogen) atoms. The van der Waals surface area contributed by atoms with Crippen molar-refractivity contribution in [1.29, 1.82) is 0 Å². The van der Waals surface area contributed by atoms with Gasteiger partial charge in [0.2, 0.25) is 0 Å². The standard InChI is InChI=1S/C6H11BF3S.K/c1-5(2)11-4-6(3)7(8,9)10;/h5H,3-4H2,1-2H3;/q-1;+1. The van der Waals surface area contributed by atoms with Gasteiger partial charge in [-0.05, 0) is 11.0 Å². The quantitative estimate of drug-likeness (QED) is 0.607. The van der Waals surface area contributed by atoms with Crippen molar-refractivity contribution in [3.05, 3.63) is 12.1 Å². The fraction of sp³-hybridized carbons (Fsp3) is 0.667. The van der Waals surface area contributed by atoms with Crippen LogP contribution >= 0.6 is 11.8 Å². The molecule has 0 spiro atoms. The summed E-state index contributed by atoms with van der Waals surface area (Å²) in [6, 6.07) is 0.